The molecule has 1 aliphatic heterocycles. The van der Waals surface area contributed by atoms with Crippen LogP contribution in [0, 0.1) is 10.8 Å². The predicted octanol–water partition coefficient (Wildman–Crippen LogP) is 1.56. The Morgan fingerprint density at radius 1 is 1.12 bits per heavy atom. The third-order valence-corrected chi connectivity index (χ3v) is 4.71. The monoisotopic (exact) mass is 348 g/mol. The van der Waals surface area contributed by atoms with Crippen molar-refractivity contribution in [2.45, 2.75) is 12.6 Å². The summed E-state index contributed by atoms with van der Waals surface area (Å²) < 4.78 is 0. The number of amidine groups is 2. The molecule has 2 aromatic carbocycles. The number of likely N-dealkylation sites (N-methyl/N-ethyl adjacent to an activating group) is 1. The van der Waals surface area contributed by atoms with Crippen LogP contribution in [0.25, 0.3) is 11.0 Å². The SMILES string of the molecule is CN1c2cc(C(=N)N)ccc2NC1Cc1nc2ccc(C(=N)N)cc2[nH]1. The minimum atomic E-state index is 0.0389. The van der Waals surface area contributed by atoms with E-state index in [9.17, 15) is 0 Å². The van der Waals surface area contributed by atoms with Crippen molar-refractivity contribution >= 4 is 34.1 Å². The second kappa shape index (κ2) is 5.76. The van der Waals surface area contributed by atoms with Crippen LogP contribution >= 0.6 is 0 Å². The molecular formula is C18H20N8. The van der Waals surface area contributed by atoms with Gasteiger partial charge in [-0.2, -0.15) is 0 Å². The van der Waals surface area contributed by atoms with Gasteiger partial charge in [0, 0.05) is 24.6 Å². The largest absolute Gasteiger partial charge is 0.384 e. The van der Waals surface area contributed by atoms with Crippen LogP contribution in [-0.2, 0) is 6.42 Å². The lowest BCUT2D eigenvalue weighted by Crippen LogP contribution is -2.34. The fraction of sp³-hybridized carbons (Fsp3) is 0.167. The Bertz CT molecular complexity index is 1030. The first kappa shape index (κ1) is 15.9. The molecule has 8 nitrogen and oxygen atoms in total. The van der Waals surface area contributed by atoms with Crippen LogP contribution in [0.4, 0.5) is 11.4 Å². The van der Waals surface area contributed by atoms with E-state index in [2.05, 4.69) is 20.2 Å². The smallest absolute Gasteiger partial charge is 0.122 e. The fourth-order valence-corrected chi connectivity index (χ4v) is 3.26. The van der Waals surface area contributed by atoms with Crippen LogP contribution in [0.1, 0.15) is 17.0 Å². The summed E-state index contributed by atoms with van der Waals surface area (Å²) in [6.45, 7) is 0. The van der Waals surface area contributed by atoms with Crippen LogP contribution in [0.5, 0.6) is 0 Å². The number of nitrogens with zero attached hydrogens (tertiary/aromatic N) is 2. The molecular weight excluding hydrogens is 328 g/mol. The molecule has 1 aromatic heterocycles. The van der Waals surface area contributed by atoms with E-state index in [4.69, 9.17) is 22.3 Å². The second-order valence-electron chi connectivity index (χ2n) is 6.45. The number of hydrogen-bond acceptors (Lipinski definition) is 5. The summed E-state index contributed by atoms with van der Waals surface area (Å²) in [5.74, 6) is 0.949. The Hall–Kier alpha value is -3.55. The topological polar surface area (TPSA) is 144 Å². The lowest BCUT2D eigenvalue weighted by atomic mass is 10.1. The number of rotatable bonds is 4. The zero-order valence-electron chi connectivity index (χ0n) is 14.3. The third-order valence-electron chi connectivity index (χ3n) is 4.71. The Labute approximate surface area is 150 Å². The van der Waals surface area contributed by atoms with Crippen LogP contribution < -0.4 is 21.7 Å². The quantitative estimate of drug-likeness (QED) is 0.313. The summed E-state index contributed by atoms with van der Waals surface area (Å²) in [4.78, 5) is 10.1. The standard InChI is InChI=1S/C18H20N8/c1-26-14-7-10(18(21)22)3-5-12(14)25-16(26)8-15-23-11-4-2-9(17(19)20)6-13(11)24-15/h2-7,16,25H,8H2,1H3,(H3,19,20)(H3,21,22)(H,23,24). The first-order valence-electron chi connectivity index (χ1n) is 8.23. The molecule has 132 valence electrons. The van der Waals surface area contributed by atoms with Crippen LogP contribution in [-0.4, -0.2) is 34.9 Å². The number of H-pyrrole nitrogens is 1. The van der Waals surface area contributed by atoms with E-state index in [1.165, 1.54) is 0 Å². The van der Waals surface area contributed by atoms with Gasteiger partial charge in [0.15, 0.2) is 0 Å². The summed E-state index contributed by atoms with van der Waals surface area (Å²) in [7, 11) is 2.00. The first-order chi connectivity index (χ1) is 12.4. The molecule has 0 spiro atoms. The first-order valence-corrected chi connectivity index (χ1v) is 8.23. The van der Waals surface area contributed by atoms with E-state index >= 15 is 0 Å². The van der Waals surface area contributed by atoms with Crippen molar-refractivity contribution in [1.82, 2.24) is 9.97 Å². The molecule has 8 heteroatoms. The Morgan fingerprint density at radius 3 is 2.54 bits per heavy atom. The normalized spacial score (nSPS) is 15.7. The Morgan fingerprint density at radius 2 is 1.81 bits per heavy atom. The van der Waals surface area contributed by atoms with Crippen LogP contribution in [0.2, 0.25) is 0 Å². The highest BCUT2D eigenvalue weighted by Gasteiger charge is 2.27. The Kier molecular flexibility index (Phi) is 3.54. The van der Waals surface area contributed by atoms with Gasteiger partial charge in [0.05, 0.1) is 22.4 Å². The van der Waals surface area contributed by atoms with Crippen molar-refractivity contribution in [3.63, 3.8) is 0 Å². The fourth-order valence-electron chi connectivity index (χ4n) is 3.26. The molecule has 2 heterocycles. The summed E-state index contributed by atoms with van der Waals surface area (Å²) in [5.41, 5.74) is 16.3. The number of aromatic amines is 1. The minimum absolute atomic E-state index is 0.0389. The Balaban J connectivity index is 1.59. The zero-order chi connectivity index (χ0) is 18.4. The lowest BCUT2D eigenvalue weighted by Gasteiger charge is -2.21. The number of nitrogens with two attached hydrogens (primary N) is 2. The van der Waals surface area contributed by atoms with Crippen molar-refractivity contribution < 1.29 is 0 Å². The van der Waals surface area contributed by atoms with Gasteiger partial charge in [-0.05, 0) is 36.4 Å². The summed E-state index contributed by atoms with van der Waals surface area (Å²) in [5, 5.41) is 18.6. The van der Waals surface area contributed by atoms with Crippen molar-refractivity contribution in [2.75, 3.05) is 17.3 Å². The van der Waals surface area contributed by atoms with E-state index in [-0.39, 0.29) is 17.8 Å². The average Bonchev–Trinajstić information content (AvgIpc) is 3.14. The average molecular weight is 348 g/mol. The van der Waals surface area contributed by atoms with Gasteiger partial charge in [0.1, 0.15) is 23.7 Å². The number of fused-ring (bicyclic) bond motifs is 2. The van der Waals surface area contributed by atoms with Gasteiger partial charge in [-0.1, -0.05) is 0 Å². The molecule has 8 N–H and O–H groups in total. The van der Waals surface area contributed by atoms with Gasteiger partial charge < -0.3 is 26.7 Å². The van der Waals surface area contributed by atoms with Gasteiger partial charge in [-0.3, -0.25) is 10.8 Å². The lowest BCUT2D eigenvalue weighted by molar-refractivity contribution is 0.702. The van der Waals surface area contributed by atoms with Crippen LogP contribution in [0.3, 0.4) is 0 Å². The predicted molar refractivity (Wildman–Crippen MR) is 104 cm³/mol. The molecule has 0 radical (unpaired) electrons. The molecule has 0 bridgehead atoms. The van der Waals surface area contributed by atoms with E-state index in [0.29, 0.717) is 17.5 Å². The number of imidazole rings is 1. The van der Waals surface area contributed by atoms with Gasteiger partial charge in [0.25, 0.3) is 0 Å². The van der Waals surface area contributed by atoms with Crippen molar-refractivity contribution in [3.8, 4) is 0 Å². The van der Waals surface area contributed by atoms with Gasteiger partial charge >= 0.3 is 0 Å². The summed E-state index contributed by atoms with van der Waals surface area (Å²) in [6, 6.07) is 11.2. The maximum absolute atomic E-state index is 7.60. The molecule has 3 aromatic rings. The molecule has 0 fully saturated rings. The molecule has 0 saturated heterocycles. The number of benzene rings is 2. The van der Waals surface area contributed by atoms with Gasteiger partial charge in [0.2, 0.25) is 0 Å². The molecule has 0 saturated carbocycles. The summed E-state index contributed by atoms with van der Waals surface area (Å²) in [6.07, 6.45) is 0.713. The minimum Gasteiger partial charge on any atom is -0.384 e. The molecule has 4 rings (SSSR count). The van der Waals surface area contributed by atoms with Crippen molar-refractivity contribution in [1.29, 1.82) is 10.8 Å². The van der Waals surface area contributed by atoms with Gasteiger partial charge in [-0.15, -0.1) is 0 Å². The van der Waals surface area contributed by atoms with E-state index in [1.54, 1.807) is 6.07 Å². The molecule has 26 heavy (non-hydrogen) atoms. The van der Waals surface area contributed by atoms with Crippen molar-refractivity contribution in [2.24, 2.45) is 11.5 Å². The highest BCUT2D eigenvalue weighted by molar-refractivity contribution is 5.98. The number of anilines is 2. The number of hydrogen-bond donors (Lipinski definition) is 6. The molecule has 1 atom stereocenters. The number of aromatic nitrogens is 2. The maximum atomic E-state index is 7.60. The summed E-state index contributed by atoms with van der Waals surface area (Å²) >= 11 is 0. The number of nitrogen functional groups attached to an aromatic ring is 2. The highest BCUT2D eigenvalue weighted by atomic mass is 15.3. The molecule has 1 aliphatic rings. The van der Waals surface area contributed by atoms with E-state index in [0.717, 1.165) is 28.2 Å². The maximum Gasteiger partial charge on any atom is 0.122 e. The van der Waals surface area contributed by atoms with Crippen LogP contribution in [0.15, 0.2) is 36.4 Å². The molecule has 0 aliphatic carbocycles. The second-order valence-corrected chi connectivity index (χ2v) is 6.45. The van der Waals surface area contributed by atoms with Crippen molar-refractivity contribution in [3.05, 3.63) is 53.3 Å². The molecule has 0 amide bonds. The van der Waals surface area contributed by atoms with E-state index in [1.807, 2.05) is 37.4 Å². The third kappa shape index (κ3) is 2.61. The molecule has 1 unspecified atom stereocenters. The number of nitrogens with one attached hydrogen (secondary N) is 4. The zero-order valence-corrected chi connectivity index (χ0v) is 14.3. The van der Waals surface area contributed by atoms with Gasteiger partial charge in [-0.25, -0.2) is 4.98 Å². The highest BCUT2D eigenvalue weighted by Crippen LogP contribution is 2.35. The van der Waals surface area contributed by atoms with E-state index < -0.39 is 0 Å².